The lowest BCUT2D eigenvalue weighted by molar-refractivity contribution is 0.269. The van der Waals surface area contributed by atoms with Crippen LogP contribution in [-0.2, 0) is 13.2 Å². The molecule has 0 unspecified atom stereocenters. The molecule has 0 aliphatic heterocycles. The molecule has 0 saturated carbocycles. The van der Waals surface area contributed by atoms with Crippen molar-refractivity contribution in [2.24, 2.45) is 5.92 Å². The summed E-state index contributed by atoms with van der Waals surface area (Å²) < 4.78 is 11.8. The fraction of sp³-hybridized carbons (Fsp3) is 0.250. The second-order valence-corrected chi connectivity index (χ2v) is 6.96. The van der Waals surface area contributed by atoms with Gasteiger partial charge in [-0.1, -0.05) is 62.4 Å². The lowest BCUT2D eigenvalue weighted by Gasteiger charge is -2.14. The van der Waals surface area contributed by atoms with E-state index in [1.54, 1.807) is 0 Å². The van der Waals surface area contributed by atoms with Gasteiger partial charge in [-0.05, 0) is 41.8 Å². The van der Waals surface area contributed by atoms with Crippen molar-refractivity contribution >= 4 is 5.69 Å². The van der Waals surface area contributed by atoms with Gasteiger partial charge in [-0.25, -0.2) is 0 Å². The monoisotopic (exact) mass is 361 g/mol. The van der Waals surface area contributed by atoms with Crippen LogP contribution in [0.25, 0.3) is 0 Å². The Morgan fingerprint density at radius 2 is 1.48 bits per heavy atom. The average Bonchev–Trinajstić information content (AvgIpc) is 2.71. The van der Waals surface area contributed by atoms with Crippen molar-refractivity contribution in [2.45, 2.75) is 27.0 Å². The van der Waals surface area contributed by atoms with Gasteiger partial charge in [-0.2, -0.15) is 0 Å². The van der Waals surface area contributed by atoms with Crippen molar-refractivity contribution in [3.05, 3.63) is 90.0 Å². The Hall–Kier alpha value is -2.94. The maximum absolute atomic E-state index is 5.92. The van der Waals surface area contributed by atoms with Gasteiger partial charge < -0.3 is 14.8 Å². The quantitative estimate of drug-likeness (QED) is 0.514. The molecule has 0 heterocycles. The zero-order valence-electron chi connectivity index (χ0n) is 16.0. The molecular weight excluding hydrogens is 334 g/mol. The van der Waals surface area contributed by atoms with Gasteiger partial charge in [0.2, 0.25) is 0 Å². The van der Waals surface area contributed by atoms with Gasteiger partial charge in [-0.15, -0.1) is 0 Å². The predicted octanol–water partition coefficient (Wildman–Crippen LogP) is 5.91. The molecule has 0 fully saturated rings. The van der Waals surface area contributed by atoms with E-state index in [1.807, 2.05) is 60.7 Å². The summed E-state index contributed by atoms with van der Waals surface area (Å²) >= 11 is 0. The molecule has 0 aromatic heterocycles. The first-order chi connectivity index (χ1) is 13.2. The van der Waals surface area contributed by atoms with Gasteiger partial charge in [0.15, 0.2) is 0 Å². The van der Waals surface area contributed by atoms with E-state index in [0.717, 1.165) is 41.5 Å². The maximum atomic E-state index is 5.92. The number of para-hydroxylation sites is 1. The van der Waals surface area contributed by atoms with Crippen LogP contribution in [0.15, 0.2) is 78.9 Å². The van der Waals surface area contributed by atoms with Crippen LogP contribution in [0.2, 0.25) is 0 Å². The first-order valence-corrected chi connectivity index (χ1v) is 9.42. The highest BCUT2D eigenvalue weighted by Crippen LogP contribution is 2.22. The summed E-state index contributed by atoms with van der Waals surface area (Å²) in [5.41, 5.74) is 3.38. The topological polar surface area (TPSA) is 30.5 Å². The zero-order chi connectivity index (χ0) is 18.9. The second kappa shape index (κ2) is 9.67. The summed E-state index contributed by atoms with van der Waals surface area (Å²) in [6.07, 6.45) is 0. The molecule has 27 heavy (non-hydrogen) atoms. The van der Waals surface area contributed by atoms with Gasteiger partial charge in [0, 0.05) is 17.8 Å². The van der Waals surface area contributed by atoms with E-state index in [1.165, 1.54) is 0 Å². The van der Waals surface area contributed by atoms with Crippen molar-refractivity contribution in [3.63, 3.8) is 0 Å². The Balaban J connectivity index is 1.53. The molecule has 3 aromatic carbocycles. The van der Waals surface area contributed by atoms with Crippen LogP contribution in [0, 0.1) is 5.92 Å². The molecule has 0 saturated heterocycles. The van der Waals surface area contributed by atoms with E-state index in [9.17, 15) is 0 Å². The van der Waals surface area contributed by atoms with E-state index in [4.69, 9.17) is 9.47 Å². The zero-order valence-corrected chi connectivity index (χ0v) is 16.0. The fourth-order valence-electron chi connectivity index (χ4n) is 2.65. The third kappa shape index (κ3) is 6.07. The number of hydrogen-bond acceptors (Lipinski definition) is 3. The third-order valence-corrected chi connectivity index (χ3v) is 4.13. The Morgan fingerprint density at radius 1 is 0.778 bits per heavy atom. The van der Waals surface area contributed by atoms with E-state index in [-0.39, 0.29) is 0 Å². The summed E-state index contributed by atoms with van der Waals surface area (Å²) in [7, 11) is 0. The smallest absolute Gasteiger partial charge is 0.124 e. The van der Waals surface area contributed by atoms with Gasteiger partial charge in [0.25, 0.3) is 0 Å². The summed E-state index contributed by atoms with van der Waals surface area (Å²) in [5.74, 6) is 2.32. The number of rotatable bonds is 9. The van der Waals surface area contributed by atoms with Crippen LogP contribution in [0.5, 0.6) is 11.5 Å². The van der Waals surface area contributed by atoms with Crippen molar-refractivity contribution in [1.82, 2.24) is 0 Å². The summed E-state index contributed by atoms with van der Waals surface area (Å²) in [6, 6.07) is 26.4. The van der Waals surface area contributed by atoms with Crippen molar-refractivity contribution in [2.75, 3.05) is 11.9 Å². The van der Waals surface area contributed by atoms with Crippen LogP contribution in [-0.4, -0.2) is 6.61 Å². The minimum atomic E-state index is 0.509. The minimum Gasteiger partial charge on any atom is -0.493 e. The number of benzene rings is 3. The highest BCUT2D eigenvalue weighted by Gasteiger charge is 2.04. The summed E-state index contributed by atoms with van der Waals surface area (Å²) in [5, 5.41) is 3.45. The molecular formula is C24H27NO2. The molecule has 140 valence electrons. The molecule has 3 heteroatoms. The van der Waals surface area contributed by atoms with Crippen LogP contribution < -0.4 is 14.8 Å². The number of anilines is 1. The van der Waals surface area contributed by atoms with Crippen molar-refractivity contribution < 1.29 is 9.47 Å². The highest BCUT2D eigenvalue weighted by molar-refractivity contribution is 5.48. The van der Waals surface area contributed by atoms with Gasteiger partial charge >= 0.3 is 0 Å². The molecule has 0 bridgehead atoms. The summed E-state index contributed by atoms with van der Waals surface area (Å²) in [4.78, 5) is 0. The van der Waals surface area contributed by atoms with Crippen molar-refractivity contribution in [1.29, 1.82) is 0 Å². The molecule has 3 aromatic rings. The standard InChI is InChI=1S/C24H27NO2/c1-19(2)17-27-24-11-7-6-10-21(24)16-25-22-12-14-23(15-13-22)26-18-20-8-4-3-5-9-20/h3-15,19,25H,16-18H2,1-2H3. The lowest BCUT2D eigenvalue weighted by Crippen LogP contribution is -2.08. The van der Waals surface area contributed by atoms with Crippen LogP contribution >= 0.6 is 0 Å². The predicted molar refractivity (Wildman–Crippen MR) is 111 cm³/mol. The Kier molecular flexibility index (Phi) is 6.75. The maximum Gasteiger partial charge on any atom is 0.124 e. The lowest BCUT2D eigenvalue weighted by atomic mass is 10.2. The third-order valence-electron chi connectivity index (χ3n) is 4.13. The van der Waals surface area contributed by atoms with Gasteiger partial charge in [-0.3, -0.25) is 0 Å². The van der Waals surface area contributed by atoms with Gasteiger partial charge in [0.1, 0.15) is 18.1 Å². The molecule has 3 rings (SSSR count). The average molecular weight is 361 g/mol. The fourth-order valence-corrected chi connectivity index (χ4v) is 2.65. The molecule has 0 radical (unpaired) electrons. The van der Waals surface area contributed by atoms with E-state index < -0.39 is 0 Å². The number of hydrogen-bond donors (Lipinski definition) is 1. The molecule has 1 N–H and O–H groups in total. The summed E-state index contributed by atoms with van der Waals surface area (Å²) in [6.45, 7) is 6.34. The van der Waals surface area contributed by atoms with E-state index in [2.05, 4.69) is 37.4 Å². The van der Waals surface area contributed by atoms with Crippen molar-refractivity contribution in [3.8, 4) is 11.5 Å². The molecule has 0 amide bonds. The number of nitrogens with one attached hydrogen (secondary N) is 1. The Bertz CT molecular complexity index is 813. The van der Waals surface area contributed by atoms with Gasteiger partial charge in [0.05, 0.1) is 6.61 Å². The molecule has 0 aliphatic rings. The second-order valence-electron chi connectivity index (χ2n) is 6.96. The molecule has 3 nitrogen and oxygen atoms in total. The first kappa shape index (κ1) is 18.8. The normalized spacial score (nSPS) is 10.6. The van der Waals surface area contributed by atoms with E-state index in [0.29, 0.717) is 12.5 Å². The minimum absolute atomic E-state index is 0.509. The largest absolute Gasteiger partial charge is 0.493 e. The van der Waals surface area contributed by atoms with Crippen LogP contribution in [0.3, 0.4) is 0 Å². The SMILES string of the molecule is CC(C)COc1ccccc1CNc1ccc(OCc2ccccc2)cc1. The molecule has 0 atom stereocenters. The molecule has 0 aliphatic carbocycles. The first-order valence-electron chi connectivity index (χ1n) is 9.42. The highest BCUT2D eigenvalue weighted by atomic mass is 16.5. The van der Waals surface area contributed by atoms with E-state index >= 15 is 0 Å². The van der Waals surface area contributed by atoms with Crippen LogP contribution in [0.4, 0.5) is 5.69 Å². The Labute approximate surface area is 162 Å². The molecule has 0 spiro atoms. The number of ether oxygens (including phenoxy) is 2. The Morgan fingerprint density at radius 3 is 2.22 bits per heavy atom. The van der Waals surface area contributed by atoms with Crippen LogP contribution in [0.1, 0.15) is 25.0 Å².